The molecule has 0 heterocycles. The molecule has 1 N–H and O–H groups in total. The molecule has 1 unspecified atom stereocenters. The topological polar surface area (TPSA) is 32.6 Å². The summed E-state index contributed by atoms with van der Waals surface area (Å²) in [6.45, 7) is 3.84. The van der Waals surface area contributed by atoms with E-state index >= 15 is 0 Å². The van der Waals surface area contributed by atoms with Crippen LogP contribution in [0.3, 0.4) is 0 Å². The molecule has 2 nitrogen and oxygen atoms in total. The molecule has 42 valence electrons. The van der Waals surface area contributed by atoms with Gasteiger partial charge in [-0.1, -0.05) is 0 Å². The van der Waals surface area contributed by atoms with E-state index < -0.39 is 0 Å². The third-order valence-corrected chi connectivity index (χ3v) is 0.668. The lowest BCUT2D eigenvalue weighted by molar-refractivity contribution is 0.275. The van der Waals surface area contributed by atoms with Crippen LogP contribution in [0, 0.1) is 0 Å². The second-order valence-corrected chi connectivity index (χ2v) is 1.44. The number of aliphatic hydroxyl groups is 1. The average Bonchev–Trinajstić information content (AvgIpc) is 1.68. The van der Waals surface area contributed by atoms with E-state index in [4.69, 9.17) is 5.11 Å². The lowest BCUT2D eigenvalue weighted by Gasteiger charge is -1.95. The van der Waals surface area contributed by atoms with Crippen molar-refractivity contribution >= 4 is 6.21 Å². The van der Waals surface area contributed by atoms with Crippen LogP contribution in [0.2, 0.25) is 0 Å². The van der Waals surface area contributed by atoms with Gasteiger partial charge in [0.1, 0.15) is 0 Å². The summed E-state index contributed by atoms with van der Waals surface area (Å²) in [5.74, 6) is 0. The molecule has 0 spiro atoms. The molecule has 2 heteroatoms. The Morgan fingerprint density at radius 3 is 2.57 bits per heavy atom. The van der Waals surface area contributed by atoms with Crippen molar-refractivity contribution in [3.05, 3.63) is 0 Å². The predicted molar refractivity (Wildman–Crippen MR) is 30.7 cm³/mol. The minimum atomic E-state index is 0.0741. The summed E-state index contributed by atoms with van der Waals surface area (Å²) in [5.41, 5.74) is 0. The Hall–Kier alpha value is -0.370. The summed E-state index contributed by atoms with van der Waals surface area (Å²) in [7, 11) is 0. The maximum Gasteiger partial charge on any atom is 0.0698 e. The molecule has 0 bridgehead atoms. The number of aliphatic hydroxyl groups excluding tert-OH is 1. The highest BCUT2D eigenvalue weighted by molar-refractivity contribution is 5.53. The van der Waals surface area contributed by atoms with Gasteiger partial charge in [0.25, 0.3) is 0 Å². The fourth-order valence-corrected chi connectivity index (χ4v) is 0.302. The van der Waals surface area contributed by atoms with Gasteiger partial charge >= 0.3 is 0 Å². The van der Waals surface area contributed by atoms with Gasteiger partial charge in [-0.3, -0.25) is 4.99 Å². The van der Waals surface area contributed by atoms with E-state index in [1.165, 1.54) is 0 Å². The number of rotatable bonds is 2. The minimum Gasteiger partial charge on any atom is -0.394 e. The zero-order valence-corrected chi connectivity index (χ0v) is 4.76. The Balaban J connectivity index is 3.16. The molecule has 0 saturated carbocycles. The van der Waals surface area contributed by atoms with Crippen molar-refractivity contribution in [1.29, 1.82) is 0 Å². The molecule has 0 aliphatic rings. The molecule has 7 heavy (non-hydrogen) atoms. The van der Waals surface area contributed by atoms with Crippen LogP contribution in [-0.4, -0.2) is 24.0 Å². The molecular formula is C5H11NO. The van der Waals surface area contributed by atoms with Gasteiger partial charge in [0.2, 0.25) is 0 Å². The molecule has 0 aliphatic carbocycles. The normalized spacial score (nSPS) is 15.3. The molecule has 0 aromatic carbocycles. The third kappa shape index (κ3) is 3.46. The predicted octanol–water partition coefficient (Wildman–Crippen LogP) is 0.458. The van der Waals surface area contributed by atoms with E-state index in [-0.39, 0.29) is 12.6 Å². The van der Waals surface area contributed by atoms with Gasteiger partial charge in [0.05, 0.1) is 12.6 Å². The van der Waals surface area contributed by atoms with Crippen LogP contribution in [0.25, 0.3) is 0 Å². The van der Waals surface area contributed by atoms with E-state index in [1.54, 1.807) is 6.21 Å². The second kappa shape index (κ2) is 3.81. The van der Waals surface area contributed by atoms with Crippen LogP contribution in [0.15, 0.2) is 4.99 Å². The first-order valence-electron chi connectivity index (χ1n) is 2.40. The standard InChI is InChI=1S/C5H11NO/c1-3-6-5(2)4-7/h3,5,7H,4H2,1-2H3. The number of hydrogen-bond acceptors (Lipinski definition) is 2. The molecule has 0 amide bonds. The lowest BCUT2D eigenvalue weighted by Crippen LogP contribution is -2.02. The molecular weight excluding hydrogens is 90.1 g/mol. The lowest BCUT2D eigenvalue weighted by atomic mass is 10.4. The van der Waals surface area contributed by atoms with Gasteiger partial charge in [-0.2, -0.15) is 0 Å². The number of hydrogen-bond donors (Lipinski definition) is 1. The summed E-state index contributed by atoms with van der Waals surface area (Å²) < 4.78 is 0. The van der Waals surface area contributed by atoms with Crippen LogP contribution in [0.5, 0.6) is 0 Å². The van der Waals surface area contributed by atoms with Gasteiger partial charge in [0, 0.05) is 0 Å². The van der Waals surface area contributed by atoms with E-state index in [0.717, 1.165) is 0 Å². The molecule has 0 aliphatic heterocycles. The first-order chi connectivity index (χ1) is 3.31. The number of aliphatic imine (C=N–C) groups is 1. The maximum atomic E-state index is 8.35. The first kappa shape index (κ1) is 6.63. The van der Waals surface area contributed by atoms with Gasteiger partial charge in [0.15, 0.2) is 0 Å². The van der Waals surface area contributed by atoms with Crippen molar-refractivity contribution in [2.24, 2.45) is 4.99 Å². The summed E-state index contributed by atoms with van der Waals surface area (Å²) >= 11 is 0. The Morgan fingerprint density at radius 1 is 1.86 bits per heavy atom. The van der Waals surface area contributed by atoms with Crippen molar-refractivity contribution in [2.45, 2.75) is 19.9 Å². The Kier molecular flexibility index (Phi) is 3.61. The quantitative estimate of drug-likeness (QED) is 0.503. The summed E-state index contributed by atoms with van der Waals surface area (Å²) in [4.78, 5) is 3.87. The summed E-state index contributed by atoms with van der Waals surface area (Å²) in [5, 5.41) is 8.35. The van der Waals surface area contributed by atoms with Crippen molar-refractivity contribution in [1.82, 2.24) is 0 Å². The van der Waals surface area contributed by atoms with Crippen molar-refractivity contribution in [2.75, 3.05) is 6.61 Å². The fraction of sp³-hybridized carbons (Fsp3) is 0.800. The van der Waals surface area contributed by atoms with Crippen LogP contribution in [0.4, 0.5) is 0 Å². The summed E-state index contributed by atoms with van der Waals surface area (Å²) in [6.07, 6.45) is 1.70. The Bertz CT molecular complexity index is 61.1. The largest absolute Gasteiger partial charge is 0.394 e. The molecule has 0 radical (unpaired) electrons. The van der Waals surface area contributed by atoms with Crippen LogP contribution in [0.1, 0.15) is 13.8 Å². The van der Waals surface area contributed by atoms with E-state index in [0.29, 0.717) is 0 Å². The molecule has 0 aromatic heterocycles. The zero-order chi connectivity index (χ0) is 5.70. The third-order valence-electron chi connectivity index (χ3n) is 0.668. The molecule has 0 aromatic rings. The monoisotopic (exact) mass is 101 g/mol. The number of nitrogens with zero attached hydrogens (tertiary/aromatic N) is 1. The van der Waals surface area contributed by atoms with Crippen LogP contribution < -0.4 is 0 Å². The SMILES string of the molecule is CC=NC(C)CO. The minimum absolute atomic E-state index is 0.0741. The second-order valence-electron chi connectivity index (χ2n) is 1.44. The van der Waals surface area contributed by atoms with Crippen LogP contribution >= 0.6 is 0 Å². The van der Waals surface area contributed by atoms with Crippen molar-refractivity contribution in [3.8, 4) is 0 Å². The Morgan fingerprint density at radius 2 is 2.43 bits per heavy atom. The van der Waals surface area contributed by atoms with Gasteiger partial charge in [-0.15, -0.1) is 0 Å². The highest BCUT2D eigenvalue weighted by Gasteiger charge is 1.88. The van der Waals surface area contributed by atoms with E-state index in [2.05, 4.69) is 4.99 Å². The zero-order valence-electron chi connectivity index (χ0n) is 4.76. The summed E-state index contributed by atoms with van der Waals surface area (Å²) in [6, 6.07) is 0.0741. The molecule has 0 saturated heterocycles. The molecule has 0 fully saturated rings. The van der Waals surface area contributed by atoms with Gasteiger partial charge in [-0.05, 0) is 20.1 Å². The smallest absolute Gasteiger partial charge is 0.0698 e. The molecule has 1 atom stereocenters. The van der Waals surface area contributed by atoms with E-state index in [1.807, 2.05) is 13.8 Å². The highest BCUT2D eigenvalue weighted by atomic mass is 16.3. The fourth-order valence-electron chi connectivity index (χ4n) is 0.302. The van der Waals surface area contributed by atoms with Crippen LogP contribution in [-0.2, 0) is 0 Å². The van der Waals surface area contributed by atoms with Gasteiger partial charge < -0.3 is 5.11 Å². The van der Waals surface area contributed by atoms with E-state index in [9.17, 15) is 0 Å². The highest BCUT2D eigenvalue weighted by Crippen LogP contribution is 1.82. The molecule has 0 rings (SSSR count). The first-order valence-corrected chi connectivity index (χ1v) is 2.40. The average molecular weight is 101 g/mol. The van der Waals surface area contributed by atoms with Gasteiger partial charge in [-0.25, -0.2) is 0 Å². The van der Waals surface area contributed by atoms with Crippen molar-refractivity contribution < 1.29 is 5.11 Å². The maximum absolute atomic E-state index is 8.35. The Labute approximate surface area is 43.9 Å². The van der Waals surface area contributed by atoms with Crippen molar-refractivity contribution in [3.63, 3.8) is 0 Å².